The van der Waals surface area contributed by atoms with E-state index in [2.05, 4.69) is 10.1 Å². The molecule has 0 saturated carbocycles. The summed E-state index contributed by atoms with van der Waals surface area (Å²) in [5.74, 6) is -0.334. The van der Waals surface area contributed by atoms with E-state index in [-0.39, 0.29) is 17.5 Å². The monoisotopic (exact) mass is 317 g/mol. The van der Waals surface area contributed by atoms with Crippen molar-refractivity contribution in [3.8, 4) is 5.69 Å². The Hall–Kier alpha value is -2.21. The van der Waals surface area contributed by atoms with Crippen LogP contribution in [0.3, 0.4) is 0 Å². The third-order valence-electron chi connectivity index (χ3n) is 4.07. The zero-order valence-corrected chi connectivity index (χ0v) is 13.3. The summed E-state index contributed by atoms with van der Waals surface area (Å²) in [6.07, 6.45) is 2.24. The minimum atomic E-state index is -0.334. The first-order valence-corrected chi connectivity index (χ1v) is 7.77. The van der Waals surface area contributed by atoms with Gasteiger partial charge in [-0.15, -0.1) is 0 Å². The van der Waals surface area contributed by atoms with Crippen LogP contribution in [0.15, 0.2) is 34.1 Å². The van der Waals surface area contributed by atoms with Gasteiger partial charge < -0.3 is 4.74 Å². The van der Waals surface area contributed by atoms with Crippen LogP contribution in [0.5, 0.6) is 0 Å². The third-order valence-corrected chi connectivity index (χ3v) is 4.07. The fraction of sp³-hybridized carbons (Fsp3) is 0.412. The maximum atomic E-state index is 13.0. The van der Waals surface area contributed by atoms with Crippen LogP contribution in [0.4, 0.5) is 4.39 Å². The average molecular weight is 317 g/mol. The van der Waals surface area contributed by atoms with Crippen LogP contribution in [-0.4, -0.2) is 34.7 Å². The Morgan fingerprint density at radius 1 is 1.43 bits per heavy atom. The molecule has 1 aromatic carbocycles. The Bertz CT molecular complexity index is 768. The van der Waals surface area contributed by atoms with Gasteiger partial charge in [-0.2, -0.15) is 0 Å². The molecule has 1 fully saturated rings. The average Bonchev–Trinajstić information content (AvgIpc) is 3.14. The van der Waals surface area contributed by atoms with Crippen molar-refractivity contribution in [3.05, 3.63) is 51.7 Å². The van der Waals surface area contributed by atoms with E-state index in [4.69, 9.17) is 4.74 Å². The van der Waals surface area contributed by atoms with Gasteiger partial charge in [0.25, 0.3) is 5.56 Å². The first kappa shape index (κ1) is 15.7. The number of aliphatic imine (C=N–C) groups is 1. The number of hydrogen-bond acceptors (Lipinski definition) is 3. The van der Waals surface area contributed by atoms with Crippen molar-refractivity contribution in [2.45, 2.75) is 32.8 Å². The number of ether oxygens (including phenoxy) is 1. The molecule has 5 nitrogen and oxygen atoms in total. The molecule has 122 valence electrons. The summed E-state index contributed by atoms with van der Waals surface area (Å²) in [5.41, 5.74) is 2.42. The zero-order chi connectivity index (χ0) is 16.4. The van der Waals surface area contributed by atoms with Crippen LogP contribution < -0.4 is 5.56 Å². The molecule has 0 aliphatic carbocycles. The highest BCUT2D eigenvalue weighted by atomic mass is 19.1. The van der Waals surface area contributed by atoms with E-state index in [9.17, 15) is 9.18 Å². The van der Waals surface area contributed by atoms with E-state index >= 15 is 0 Å². The third kappa shape index (κ3) is 3.27. The van der Waals surface area contributed by atoms with Gasteiger partial charge in [0.15, 0.2) is 0 Å². The maximum absolute atomic E-state index is 13.0. The van der Waals surface area contributed by atoms with Crippen molar-refractivity contribution in [1.82, 2.24) is 9.78 Å². The number of rotatable bonds is 4. The molecule has 0 spiro atoms. The summed E-state index contributed by atoms with van der Waals surface area (Å²) in [6, 6.07) is 5.79. The normalized spacial score (nSPS) is 18.6. The number of aryl methyl sites for hydroxylation is 1. The lowest BCUT2D eigenvalue weighted by atomic mass is 10.1. The number of benzene rings is 1. The van der Waals surface area contributed by atoms with Crippen molar-refractivity contribution >= 4 is 5.71 Å². The number of H-pyrrole nitrogens is 1. The summed E-state index contributed by atoms with van der Waals surface area (Å²) in [4.78, 5) is 17.2. The second-order valence-corrected chi connectivity index (χ2v) is 5.79. The molecule has 0 radical (unpaired) electrons. The van der Waals surface area contributed by atoms with Crippen molar-refractivity contribution in [2.24, 2.45) is 4.99 Å². The molecule has 0 bridgehead atoms. The molecular weight excluding hydrogens is 297 g/mol. The molecule has 6 heteroatoms. The molecule has 3 rings (SSSR count). The molecule has 2 aromatic rings. The SMILES string of the molecule is CC(=NCC1CCCO1)c1c(C)[nH]n(-c2ccc(F)cc2)c1=O. The molecular formula is C17H20FN3O2. The van der Waals surface area contributed by atoms with Crippen LogP contribution in [0.1, 0.15) is 31.0 Å². The minimum absolute atomic E-state index is 0.156. The molecule has 1 unspecified atom stereocenters. The lowest BCUT2D eigenvalue weighted by Gasteiger charge is -2.05. The molecule has 1 N–H and O–H groups in total. The van der Waals surface area contributed by atoms with E-state index in [0.29, 0.717) is 23.5 Å². The van der Waals surface area contributed by atoms with Gasteiger partial charge in [0, 0.05) is 18.0 Å². The van der Waals surface area contributed by atoms with E-state index in [0.717, 1.165) is 25.1 Å². The number of aromatic amines is 1. The van der Waals surface area contributed by atoms with E-state index < -0.39 is 0 Å². The van der Waals surface area contributed by atoms with Gasteiger partial charge in [0.05, 0.1) is 23.9 Å². The van der Waals surface area contributed by atoms with Crippen LogP contribution in [0, 0.1) is 12.7 Å². The fourth-order valence-electron chi connectivity index (χ4n) is 2.85. The Labute approximate surface area is 133 Å². The van der Waals surface area contributed by atoms with Gasteiger partial charge in [-0.05, 0) is 51.0 Å². The van der Waals surface area contributed by atoms with E-state index in [1.165, 1.54) is 16.8 Å². The van der Waals surface area contributed by atoms with Gasteiger partial charge in [0.2, 0.25) is 0 Å². The summed E-state index contributed by atoms with van der Waals surface area (Å²) >= 11 is 0. The van der Waals surface area contributed by atoms with Gasteiger partial charge in [-0.1, -0.05) is 0 Å². The minimum Gasteiger partial charge on any atom is -0.376 e. The van der Waals surface area contributed by atoms with Crippen LogP contribution >= 0.6 is 0 Å². The molecule has 1 aromatic heterocycles. The van der Waals surface area contributed by atoms with Crippen molar-refractivity contribution in [3.63, 3.8) is 0 Å². The van der Waals surface area contributed by atoms with Crippen LogP contribution in [-0.2, 0) is 4.74 Å². The highest BCUT2D eigenvalue weighted by Gasteiger charge is 2.17. The molecule has 1 atom stereocenters. The van der Waals surface area contributed by atoms with Crippen LogP contribution in [0.2, 0.25) is 0 Å². The molecule has 1 aliphatic heterocycles. The van der Waals surface area contributed by atoms with Crippen molar-refractivity contribution in [1.29, 1.82) is 0 Å². The topological polar surface area (TPSA) is 59.4 Å². The Balaban J connectivity index is 1.89. The molecule has 0 amide bonds. The lowest BCUT2D eigenvalue weighted by molar-refractivity contribution is 0.118. The zero-order valence-electron chi connectivity index (χ0n) is 13.3. The summed E-state index contributed by atoms with van der Waals surface area (Å²) in [7, 11) is 0. The van der Waals surface area contributed by atoms with Crippen molar-refractivity contribution < 1.29 is 9.13 Å². The molecule has 1 aliphatic rings. The van der Waals surface area contributed by atoms with Gasteiger partial charge >= 0.3 is 0 Å². The van der Waals surface area contributed by atoms with Crippen molar-refractivity contribution in [2.75, 3.05) is 13.2 Å². The second-order valence-electron chi connectivity index (χ2n) is 5.79. The number of nitrogens with one attached hydrogen (secondary N) is 1. The maximum Gasteiger partial charge on any atom is 0.280 e. The number of hydrogen-bond donors (Lipinski definition) is 1. The van der Waals surface area contributed by atoms with Crippen LogP contribution in [0.25, 0.3) is 5.69 Å². The van der Waals surface area contributed by atoms with E-state index in [1.807, 2.05) is 13.8 Å². The number of aromatic nitrogens is 2. The van der Waals surface area contributed by atoms with Gasteiger partial charge in [-0.3, -0.25) is 14.9 Å². The fourth-order valence-corrected chi connectivity index (χ4v) is 2.85. The Morgan fingerprint density at radius 3 is 2.83 bits per heavy atom. The highest BCUT2D eigenvalue weighted by molar-refractivity contribution is 5.99. The van der Waals surface area contributed by atoms with Gasteiger partial charge in [-0.25, -0.2) is 9.07 Å². The predicted octanol–water partition coefficient (Wildman–Crippen LogP) is 2.60. The summed E-state index contributed by atoms with van der Waals surface area (Å²) in [6.45, 7) is 5.04. The highest BCUT2D eigenvalue weighted by Crippen LogP contribution is 2.13. The Kier molecular flexibility index (Phi) is 4.43. The number of halogens is 1. The Morgan fingerprint density at radius 2 is 2.17 bits per heavy atom. The quantitative estimate of drug-likeness (QED) is 0.881. The first-order chi connectivity index (χ1) is 11.1. The molecule has 2 heterocycles. The second kappa shape index (κ2) is 6.50. The molecule has 23 heavy (non-hydrogen) atoms. The summed E-state index contributed by atoms with van der Waals surface area (Å²) < 4.78 is 20.0. The molecule has 1 saturated heterocycles. The van der Waals surface area contributed by atoms with E-state index in [1.54, 1.807) is 12.1 Å². The van der Waals surface area contributed by atoms with Gasteiger partial charge in [0.1, 0.15) is 5.82 Å². The largest absolute Gasteiger partial charge is 0.376 e. The first-order valence-electron chi connectivity index (χ1n) is 7.77. The smallest absolute Gasteiger partial charge is 0.280 e. The number of nitrogens with zero attached hydrogens (tertiary/aromatic N) is 2. The lowest BCUT2D eigenvalue weighted by Crippen LogP contribution is -2.20. The summed E-state index contributed by atoms with van der Waals surface area (Å²) in [5, 5.41) is 3.03. The standard InChI is InChI=1S/C17H20FN3O2/c1-11(19-10-15-4-3-9-23-15)16-12(2)20-21(17(16)22)14-7-5-13(18)6-8-14/h5-8,15,20H,3-4,9-10H2,1-2H3. The predicted molar refractivity (Wildman–Crippen MR) is 87.1 cm³/mol.